The lowest BCUT2D eigenvalue weighted by Gasteiger charge is -2.10. The summed E-state index contributed by atoms with van der Waals surface area (Å²) in [5, 5.41) is 11.7. The Morgan fingerprint density at radius 3 is 1.93 bits per heavy atom. The van der Waals surface area contributed by atoms with Crippen molar-refractivity contribution in [3.8, 4) is 0 Å². The van der Waals surface area contributed by atoms with E-state index in [1.807, 2.05) is 0 Å². The third kappa shape index (κ3) is 3.98. The smallest absolute Gasteiger partial charge is 0.348 e. The fourth-order valence-corrected chi connectivity index (χ4v) is 3.72. The molecule has 1 N–H and O–H groups in total. The van der Waals surface area contributed by atoms with E-state index in [1.165, 1.54) is 36.4 Å². The largest absolute Gasteiger partial charge is 0.504 e. The molecule has 0 bridgehead atoms. The van der Waals surface area contributed by atoms with Crippen molar-refractivity contribution in [1.82, 2.24) is 0 Å². The van der Waals surface area contributed by atoms with Crippen LogP contribution in [0.15, 0.2) is 47.9 Å². The van der Waals surface area contributed by atoms with Gasteiger partial charge in [-0.2, -0.15) is 0 Å². The van der Waals surface area contributed by atoms with Crippen LogP contribution in [0, 0.1) is 0 Å². The summed E-state index contributed by atoms with van der Waals surface area (Å²) in [6.45, 7) is 0. The van der Waals surface area contributed by atoms with Gasteiger partial charge in [-0.15, -0.1) is 0 Å². The van der Waals surface area contributed by atoms with Gasteiger partial charge >= 0.3 is 11.9 Å². The summed E-state index contributed by atoms with van der Waals surface area (Å²) >= 11 is 23.9. The lowest BCUT2D eigenvalue weighted by Crippen LogP contribution is -2.09. The maximum absolute atomic E-state index is 12.4. The van der Waals surface area contributed by atoms with Gasteiger partial charge in [0.25, 0.3) is 0 Å². The molecule has 9 heteroatoms. The molecule has 3 rings (SSSR count). The number of aliphatic hydroxyl groups excluding tert-OH is 1. The number of carbonyl (C=O) groups excluding carboxylic acids is 2. The predicted octanol–water partition coefficient (Wildman–Crippen LogP) is 5.71. The van der Waals surface area contributed by atoms with Crippen molar-refractivity contribution in [2.24, 2.45) is 0 Å². The molecule has 0 spiro atoms. The van der Waals surface area contributed by atoms with Gasteiger partial charge in [0.1, 0.15) is 11.1 Å². The topological polar surface area (TPSA) is 72.8 Å². The Bertz CT molecular complexity index is 1030. The standard InChI is InChI=1S/C19H10Cl4O5/c1-27-18(25)15(9-4-12(22)7-13(23)5-9)17-16(24)14(19(26)28-17)8-2-10(20)6-11(21)3-8/h2-7,24H,1H3/b17-15-. The highest BCUT2D eigenvalue weighted by atomic mass is 35.5. The van der Waals surface area contributed by atoms with E-state index >= 15 is 0 Å². The molecule has 144 valence electrons. The Hall–Kier alpha value is -2.18. The number of cyclic esters (lactones) is 1. The second kappa shape index (κ2) is 8.05. The number of hydrogen-bond donors (Lipinski definition) is 1. The fraction of sp³-hybridized carbons (Fsp3) is 0.0526. The third-order valence-electron chi connectivity index (χ3n) is 3.77. The molecule has 1 heterocycles. The van der Waals surface area contributed by atoms with Crippen molar-refractivity contribution in [2.75, 3.05) is 7.11 Å². The van der Waals surface area contributed by atoms with E-state index in [4.69, 9.17) is 55.9 Å². The third-order valence-corrected chi connectivity index (χ3v) is 4.64. The van der Waals surface area contributed by atoms with E-state index in [9.17, 15) is 14.7 Å². The van der Waals surface area contributed by atoms with Crippen LogP contribution in [0.5, 0.6) is 0 Å². The molecular formula is C19H10Cl4O5. The van der Waals surface area contributed by atoms with Gasteiger partial charge < -0.3 is 14.6 Å². The average molecular weight is 460 g/mol. The molecular weight excluding hydrogens is 450 g/mol. The van der Waals surface area contributed by atoms with Gasteiger partial charge in [0.2, 0.25) is 0 Å². The zero-order chi connectivity index (χ0) is 20.6. The zero-order valence-electron chi connectivity index (χ0n) is 14.1. The molecule has 28 heavy (non-hydrogen) atoms. The summed E-state index contributed by atoms with van der Waals surface area (Å²) in [5.41, 5.74) is 0.00206. The van der Waals surface area contributed by atoms with Gasteiger partial charge in [-0.05, 0) is 47.5 Å². The summed E-state index contributed by atoms with van der Waals surface area (Å²) < 4.78 is 9.95. The Morgan fingerprint density at radius 1 is 0.929 bits per heavy atom. The summed E-state index contributed by atoms with van der Waals surface area (Å²) in [5.74, 6) is -2.71. The molecule has 2 aromatic carbocycles. The summed E-state index contributed by atoms with van der Waals surface area (Å²) in [7, 11) is 1.14. The highest BCUT2D eigenvalue weighted by molar-refractivity contribution is 6.36. The second-order valence-corrected chi connectivity index (χ2v) is 7.37. The van der Waals surface area contributed by atoms with Crippen LogP contribution in [0.3, 0.4) is 0 Å². The van der Waals surface area contributed by atoms with Crippen molar-refractivity contribution < 1.29 is 24.2 Å². The zero-order valence-corrected chi connectivity index (χ0v) is 17.1. The number of aliphatic hydroxyl groups is 1. The van der Waals surface area contributed by atoms with Gasteiger partial charge in [-0.3, -0.25) is 0 Å². The van der Waals surface area contributed by atoms with Gasteiger partial charge in [0.05, 0.1) is 7.11 Å². The molecule has 0 aliphatic carbocycles. The molecule has 2 aromatic rings. The lowest BCUT2D eigenvalue weighted by molar-refractivity contribution is -0.134. The maximum Gasteiger partial charge on any atom is 0.348 e. The van der Waals surface area contributed by atoms with E-state index in [1.54, 1.807) is 0 Å². The molecule has 0 saturated heterocycles. The van der Waals surface area contributed by atoms with Gasteiger partial charge in [0, 0.05) is 20.1 Å². The molecule has 0 fully saturated rings. The van der Waals surface area contributed by atoms with Crippen molar-refractivity contribution in [3.63, 3.8) is 0 Å². The first kappa shape index (κ1) is 20.6. The van der Waals surface area contributed by atoms with E-state index < -0.39 is 17.7 Å². The van der Waals surface area contributed by atoms with E-state index in [2.05, 4.69) is 0 Å². The van der Waals surface area contributed by atoms with Crippen LogP contribution < -0.4 is 0 Å². The molecule has 1 aliphatic heterocycles. The minimum absolute atomic E-state index is 0.198. The van der Waals surface area contributed by atoms with Crippen LogP contribution in [0.2, 0.25) is 20.1 Å². The number of halogens is 4. The van der Waals surface area contributed by atoms with Gasteiger partial charge in [-0.1, -0.05) is 46.4 Å². The second-order valence-electron chi connectivity index (χ2n) is 5.63. The van der Waals surface area contributed by atoms with Gasteiger partial charge in [-0.25, -0.2) is 9.59 Å². The van der Waals surface area contributed by atoms with Crippen molar-refractivity contribution in [1.29, 1.82) is 0 Å². The molecule has 0 atom stereocenters. The molecule has 0 saturated carbocycles. The van der Waals surface area contributed by atoms with Crippen LogP contribution >= 0.6 is 46.4 Å². The normalized spacial score (nSPS) is 15.5. The van der Waals surface area contributed by atoms with Crippen LogP contribution in [-0.2, 0) is 19.1 Å². The first-order chi connectivity index (χ1) is 13.2. The number of ether oxygens (including phenoxy) is 2. The van der Waals surface area contributed by atoms with E-state index in [0.29, 0.717) is 0 Å². The number of esters is 2. The van der Waals surface area contributed by atoms with Crippen LogP contribution in [-0.4, -0.2) is 24.2 Å². The van der Waals surface area contributed by atoms with Crippen LogP contribution in [0.1, 0.15) is 11.1 Å². The van der Waals surface area contributed by atoms with Crippen LogP contribution in [0.4, 0.5) is 0 Å². The lowest BCUT2D eigenvalue weighted by atomic mass is 10.0. The van der Waals surface area contributed by atoms with Crippen molar-refractivity contribution in [2.45, 2.75) is 0 Å². The minimum Gasteiger partial charge on any atom is -0.504 e. The van der Waals surface area contributed by atoms with E-state index in [-0.39, 0.29) is 48.1 Å². The Morgan fingerprint density at radius 2 is 1.43 bits per heavy atom. The number of rotatable bonds is 3. The monoisotopic (exact) mass is 458 g/mol. The van der Waals surface area contributed by atoms with Crippen molar-refractivity contribution in [3.05, 3.63) is 79.1 Å². The summed E-state index contributed by atoms with van der Waals surface area (Å²) in [6, 6.07) is 8.62. The van der Waals surface area contributed by atoms with E-state index in [0.717, 1.165) is 7.11 Å². The molecule has 1 aliphatic rings. The van der Waals surface area contributed by atoms with Crippen LogP contribution in [0.25, 0.3) is 11.1 Å². The highest BCUT2D eigenvalue weighted by Crippen LogP contribution is 2.38. The number of hydrogen-bond acceptors (Lipinski definition) is 5. The minimum atomic E-state index is -0.889. The Kier molecular flexibility index (Phi) is 5.91. The predicted molar refractivity (Wildman–Crippen MR) is 108 cm³/mol. The van der Waals surface area contributed by atoms with Crippen molar-refractivity contribution >= 4 is 69.5 Å². The average Bonchev–Trinajstić information content (AvgIpc) is 2.87. The molecule has 0 radical (unpaired) electrons. The SMILES string of the molecule is COC(=O)/C(=C1\OC(=O)C(c2cc(Cl)cc(Cl)c2)=C1O)c1cc(Cl)cc(Cl)c1. The first-order valence-electron chi connectivity index (χ1n) is 7.62. The summed E-state index contributed by atoms with van der Waals surface area (Å²) in [4.78, 5) is 24.8. The fourth-order valence-electron chi connectivity index (χ4n) is 2.67. The number of methoxy groups -OCH3 is 1. The number of benzene rings is 2. The molecule has 0 unspecified atom stereocenters. The molecule has 0 aromatic heterocycles. The quantitative estimate of drug-likeness (QED) is 0.470. The summed E-state index contributed by atoms with van der Waals surface area (Å²) in [6.07, 6.45) is 0. The number of carbonyl (C=O) groups is 2. The molecule has 5 nitrogen and oxygen atoms in total. The maximum atomic E-state index is 12.4. The first-order valence-corrected chi connectivity index (χ1v) is 9.13. The van der Waals surface area contributed by atoms with Gasteiger partial charge in [0.15, 0.2) is 11.5 Å². The Labute approximate surface area is 179 Å². The molecule has 0 amide bonds. The highest BCUT2D eigenvalue weighted by Gasteiger charge is 2.36. The Balaban J connectivity index is 2.27.